The van der Waals surface area contributed by atoms with Crippen LogP contribution in [0.15, 0.2) is 30.3 Å². The minimum absolute atomic E-state index is 0.0975. The Labute approximate surface area is 180 Å². The van der Waals surface area contributed by atoms with Gasteiger partial charge < -0.3 is 44.1 Å². The third-order valence-corrected chi connectivity index (χ3v) is 4.54. The van der Waals surface area contributed by atoms with Gasteiger partial charge in [0.1, 0.15) is 6.10 Å². The Morgan fingerprint density at radius 3 is 1.77 bits per heavy atom. The van der Waals surface area contributed by atoms with Crippen LogP contribution in [0, 0.1) is 0 Å². The van der Waals surface area contributed by atoms with Crippen molar-refractivity contribution < 1.29 is 44.1 Å². The zero-order valence-corrected chi connectivity index (χ0v) is 17.9. The average Bonchev–Trinajstić information content (AvgIpc) is 2.80. The molecule has 0 saturated heterocycles. The molecule has 0 aliphatic rings. The van der Waals surface area contributed by atoms with Gasteiger partial charge in [-0.05, 0) is 35.4 Å². The highest BCUT2D eigenvalue weighted by Gasteiger charge is 2.27. The van der Waals surface area contributed by atoms with Crippen LogP contribution in [0.25, 0.3) is 6.08 Å². The van der Waals surface area contributed by atoms with Crippen LogP contribution >= 0.6 is 0 Å². The number of methoxy groups -OCH3 is 4. The molecule has 170 valence electrons. The smallest absolute Gasteiger partial charge is 0.204 e. The lowest BCUT2D eigenvalue weighted by atomic mass is 10.0. The maximum Gasteiger partial charge on any atom is 0.204 e. The minimum atomic E-state index is -1.31. The lowest BCUT2D eigenvalue weighted by Gasteiger charge is -2.25. The highest BCUT2D eigenvalue weighted by atomic mass is 16.6. The molecule has 0 saturated carbocycles. The first-order valence-electron chi connectivity index (χ1n) is 9.37. The lowest BCUT2D eigenvalue weighted by Crippen LogP contribution is -2.29. The highest BCUT2D eigenvalue weighted by Crippen LogP contribution is 2.42. The molecule has 0 spiro atoms. The zero-order chi connectivity index (χ0) is 23.0. The first-order chi connectivity index (χ1) is 14.9. The number of hydrogen-bond donors (Lipinski definition) is 4. The van der Waals surface area contributed by atoms with E-state index in [4.69, 9.17) is 28.8 Å². The van der Waals surface area contributed by atoms with Gasteiger partial charge in [0.25, 0.3) is 0 Å². The summed E-state index contributed by atoms with van der Waals surface area (Å²) in [5.74, 6) is 0.784. The van der Waals surface area contributed by atoms with Crippen LogP contribution in [0.5, 0.6) is 34.5 Å². The second-order valence-electron chi connectivity index (χ2n) is 6.40. The molecule has 2 atom stereocenters. The van der Waals surface area contributed by atoms with Crippen molar-refractivity contribution in [1.82, 2.24) is 0 Å². The molecular weight excluding hydrogens is 408 g/mol. The van der Waals surface area contributed by atoms with Gasteiger partial charge in [-0.15, -0.1) is 0 Å². The van der Waals surface area contributed by atoms with Gasteiger partial charge in [0.2, 0.25) is 11.5 Å². The molecule has 31 heavy (non-hydrogen) atoms. The van der Waals surface area contributed by atoms with Gasteiger partial charge in [-0.1, -0.05) is 12.2 Å². The molecule has 0 aromatic heterocycles. The molecule has 2 rings (SSSR count). The van der Waals surface area contributed by atoms with Crippen molar-refractivity contribution >= 4 is 6.08 Å². The summed E-state index contributed by atoms with van der Waals surface area (Å²) in [4.78, 5) is 0. The minimum Gasteiger partial charge on any atom is -0.502 e. The van der Waals surface area contributed by atoms with E-state index >= 15 is 0 Å². The fraction of sp³-hybridized carbons (Fsp3) is 0.364. The molecule has 4 N–H and O–H groups in total. The molecule has 0 aliphatic carbocycles. The summed E-state index contributed by atoms with van der Waals surface area (Å²) in [6, 6.07) is 6.17. The van der Waals surface area contributed by atoms with E-state index in [0.717, 1.165) is 0 Å². The first-order valence-corrected chi connectivity index (χ1v) is 9.37. The summed E-state index contributed by atoms with van der Waals surface area (Å²) in [6.45, 7) is -0.660. The quantitative estimate of drug-likeness (QED) is 0.418. The van der Waals surface area contributed by atoms with Crippen LogP contribution in [0.1, 0.15) is 17.2 Å². The Hall–Kier alpha value is -3.14. The SMILES string of the molecule is COc1cc(C(O)C(CO)Oc2c(OC)cc(/C=C\CO)cc2OC)cc(OC)c1O. The van der Waals surface area contributed by atoms with Crippen molar-refractivity contribution in [1.29, 1.82) is 0 Å². The molecule has 0 heterocycles. The number of aliphatic hydroxyl groups is 3. The average molecular weight is 436 g/mol. The molecule has 0 radical (unpaired) electrons. The van der Waals surface area contributed by atoms with Gasteiger partial charge >= 0.3 is 0 Å². The molecule has 0 aliphatic heterocycles. The molecular formula is C22H28O9. The summed E-state index contributed by atoms with van der Waals surface area (Å²) in [5, 5.41) is 39.8. The fourth-order valence-corrected chi connectivity index (χ4v) is 2.95. The van der Waals surface area contributed by atoms with Crippen molar-refractivity contribution in [2.24, 2.45) is 0 Å². The highest BCUT2D eigenvalue weighted by molar-refractivity contribution is 5.62. The van der Waals surface area contributed by atoms with Gasteiger partial charge in [0.05, 0.1) is 41.7 Å². The first kappa shape index (κ1) is 24.1. The van der Waals surface area contributed by atoms with Crippen LogP contribution in [-0.4, -0.2) is 68.2 Å². The van der Waals surface area contributed by atoms with Crippen molar-refractivity contribution in [2.75, 3.05) is 41.7 Å². The summed E-state index contributed by atoms with van der Waals surface area (Å²) < 4.78 is 26.9. The van der Waals surface area contributed by atoms with Gasteiger partial charge in [-0.25, -0.2) is 0 Å². The fourth-order valence-electron chi connectivity index (χ4n) is 2.95. The molecule has 2 aromatic carbocycles. The molecule has 0 bridgehead atoms. The predicted octanol–water partition coefficient (Wildman–Crippen LogP) is 1.91. The molecule has 9 heteroatoms. The van der Waals surface area contributed by atoms with Gasteiger partial charge in [-0.3, -0.25) is 0 Å². The molecule has 2 unspecified atom stereocenters. The van der Waals surface area contributed by atoms with Crippen LogP contribution in [0.3, 0.4) is 0 Å². The number of ether oxygens (including phenoxy) is 5. The number of benzene rings is 2. The van der Waals surface area contributed by atoms with E-state index in [1.54, 1.807) is 24.3 Å². The van der Waals surface area contributed by atoms with Crippen LogP contribution in [0.4, 0.5) is 0 Å². The van der Waals surface area contributed by atoms with E-state index in [9.17, 15) is 15.3 Å². The van der Waals surface area contributed by atoms with Crippen LogP contribution in [0.2, 0.25) is 0 Å². The van der Waals surface area contributed by atoms with Gasteiger partial charge in [-0.2, -0.15) is 0 Å². The summed E-state index contributed by atoms with van der Waals surface area (Å²) in [5.41, 5.74) is 0.996. The van der Waals surface area contributed by atoms with E-state index in [0.29, 0.717) is 22.6 Å². The maximum absolute atomic E-state index is 10.9. The summed E-state index contributed by atoms with van der Waals surface area (Å²) in [6.07, 6.45) is 0.820. The molecule has 9 nitrogen and oxygen atoms in total. The van der Waals surface area contributed by atoms with Crippen molar-refractivity contribution in [2.45, 2.75) is 12.2 Å². The lowest BCUT2D eigenvalue weighted by molar-refractivity contribution is -0.00184. The van der Waals surface area contributed by atoms with E-state index in [2.05, 4.69) is 0 Å². The normalized spacial score (nSPS) is 13.0. The topological polar surface area (TPSA) is 127 Å². The van der Waals surface area contributed by atoms with Gasteiger partial charge in [0, 0.05) is 0 Å². The van der Waals surface area contributed by atoms with Crippen LogP contribution in [-0.2, 0) is 0 Å². The molecule has 0 amide bonds. The largest absolute Gasteiger partial charge is 0.502 e. The van der Waals surface area contributed by atoms with Crippen LogP contribution < -0.4 is 23.7 Å². The Morgan fingerprint density at radius 2 is 1.35 bits per heavy atom. The third-order valence-electron chi connectivity index (χ3n) is 4.54. The van der Waals surface area contributed by atoms with Crippen molar-refractivity contribution in [3.63, 3.8) is 0 Å². The number of phenolic OH excluding ortho intramolecular Hbond substituents is 1. The van der Waals surface area contributed by atoms with Gasteiger partial charge in [0.15, 0.2) is 29.1 Å². The van der Waals surface area contributed by atoms with E-state index in [-0.39, 0.29) is 29.6 Å². The zero-order valence-electron chi connectivity index (χ0n) is 17.9. The van der Waals surface area contributed by atoms with E-state index < -0.39 is 18.8 Å². The Balaban J connectivity index is 2.43. The number of aromatic hydroxyl groups is 1. The second-order valence-corrected chi connectivity index (χ2v) is 6.40. The number of aliphatic hydroxyl groups excluding tert-OH is 3. The Kier molecular flexibility index (Phi) is 8.80. The second kappa shape index (κ2) is 11.3. The Bertz CT molecular complexity index is 845. The predicted molar refractivity (Wildman–Crippen MR) is 113 cm³/mol. The monoisotopic (exact) mass is 436 g/mol. The number of phenols is 1. The molecule has 2 aromatic rings. The van der Waals surface area contributed by atoms with E-state index in [1.165, 1.54) is 40.6 Å². The Morgan fingerprint density at radius 1 is 0.839 bits per heavy atom. The maximum atomic E-state index is 10.9. The number of rotatable bonds is 11. The summed E-state index contributed by atoms with van der Waals surface area (Å²) >= 11 is 0. The third kappa shape index (κ3) is 5.52. The van der Waals surface area contributed by atoms with E-state index in [1.807, 2.05) is 0 Å². The van der Waals surface area contributed by atoms with Crippen molar-refractivity contribution in [3.05, 3.63) is 41.5 Å². The number of hydrogen-bond acceptors (Lipinski definition) is 9. The summed E-state index contributed by atoms with van der Waals surface area (Å²) in [7, 11) is 5.63. The molecule has 0 fully saturated rings. The van der Waals surface area contributed by atoms with Crippen molar-refractivity contribution in [3.8, 4) is 34.5 Å². The standard InChI is InChI=1S/C22H28O9/c1-27-15-10-14(11-16(28-2)21(15)26)20(25)19(12-24)31-22-17(29-3)8-13(6-5-7-23)9-18(22)30-4/h5-6,8-11,19-20,23-26H,7,12H2,1-4H3/b6-5-.